The number of allylic oxidation sites excluding steroid dienone is 1. The van der Waals surface area contributed by atoms with Gasteiger partial charge in [-0.1, -0.05) is 41.9 Å². The summed E-state index contributed by atoms with van der Waals surface area (Å²) in [4.78, 5) is 44.7. The Bertz CT molecular complexity index is 1770. The molecule has 0 spiro atoms. The highest BCUT2D eigenvalue weighted by Gasteiger charge is 2.19. The lowest BCUT2D eigenvalue weighted by Gasteiger charge is -2.11. The van der Waals surface area contributed by atoms with E-state index in [2.05, 4.69) is 9.97 Å². The summed E-state index contributed by atoms with van der Waals surface area (Å²) < 4.78 is 5.49. The molecule has 0 aliphatic rings. The minimum Gasteiger partial charge on any atom is -0.494 e. The van der Waals surface area contributed by atoms with Crippen molar-refractivity contribution in [2.75, 3.05) is 6.61 Å². The second kappa shape index (κ2) is 9.68. The third-order valence-electron chi connectivity index (χ3n) is 5.86. The zero-order chi connectivity index (χ0) is 25.2. The summed E-state index contributed by atoms with van der Waals surface area (Å²) in [6.45, 7) is 2.40. The van der Waals surface area contributed by atoms with Crippen molar-refractivity contribution in [3.8, 4) is 16.9 Å². The first kappa shape index (κ1) is 23.3. The number of aromatic nitrogens is 2. The van der Waals surface area contributed by atoms with Crippen molar-refractivity contribution in [1.29, 1.82) is 0 Å². The lowest BCUT2D eigenvalue weighted by molar-refractivity contribution is 0.104. The van der Waals surface area contributed by atoms with Gasteiger partial charge in [-0.2, -0.15) is 0 Å². The quantitative estimate of drug-likeness (QED) is 0.223. The highest BCUT2D eigenvalue weighted by Crippen LogP contribution is 2.31. The van der Waals surface area contributed by atoms with Gasteiger partial charge in [-0.05, 0) is 66.4 Å². The molecule has 0 saturated heterocycles. The van der Waals surface area contributed by atoms with Crippen molar-refractivity contribution in [3.05, 3.63) is 116 Å². The van der Waals surface area contributed by atoms with Gasteiger partial charge in [0.05, 0.1) is 17.7 Å². The molecule has 0 amide bonds. The molecule has 0 radical (unpaired) electrons. The lowest BCUT2D eigenvalue weighted by atomic mass is 9.94. The third-order valence-corrected chi connectivity index (χ3v) is 6.09. The average molecular weight is 497 g/mol. The number of fused-ring (bicyclic) bond motifs is 2. The average Bonchev–Trinajstić information content (AvgIpc) is 2.87. The topological polar surface area (TPSA) is 92.0 Å². The minimum atomic E-state index is -0.525. The summed E-state index contributed by atoms with van der Waals surface area (Å²) in [5.74, 6) is 0.131. The molecule has 5 aromatic rings. The molecule has 2 aromatic heterocycles. The van der Waals surface area contributed by atoms with Crippen LogP contribution in [-0.4, -0.2) is 22.4 Å². The number of nitrogens with one attached hydrogen (secondary N) is 2. The molecule has 36 heavy (non-hydrogen) atoms. The Hall–Kier alpha value is -4.42. The third kappa shape index (κ3) is 4.46. The van der Waals surface area contributed by atoms with Crippen LogP contribution >= 0.6 is 11.6 Å². The molecule has 0 bridgehead atoms. The summed E-state index contributed by atoms with van der Waals surface area (Å²) in [6.07, 6.45) is 2.67. The number of hydrogen-bond acceptors (Lipinski definition) is 4. The fraction of sp³-hybridized carbons (Fsp3) is 0.0690. The Labute approximate surface area is 210 Å². The molecule has 6 nitrogen and oxygen atoms in total. The molecule has 178 valence electrons. The van der Waals surface area contributed by atoms with E-state index in [-0.39, 0.29) is 11.1 Å². The molecule has 0 atom stereocenters. The smallest absolute Gasteiger partial charge is 0.260 e. The first-order valence-corrected chi connectivity index (χ1v) is 11.8. The van der Waals surface area contributed by atoms with E-state index in [4.69, 9.17) is 16.3 Å². The van der Waals surface area contributed by atoms with Crippen molar-refractivity contribution in [1.82, 2.24) is 9.97 Å². The standard InChI is InChI=1S/C29H21ClN2O4/c1-2-36-21-11-8-18-14-19(28(34)32-24(18)16-21)9-13-25(33)27-26(17-6-4-3-5-7-17)22-15-20(30)10-12-23(22)31-29(27)35/h3-16H,2H2,1H3,(H,31,35)(H,32,34). The number of ether oxygens (including phenoxy) is 1. The number of rotatable bonds is 6. The van der Waals surface area contributed by atoms with Gasteiger partial charge in [0.15, 0.2) is 5.78 Å². The summed E-state index contributed by atoms with van der Waals surface area (Å²) >= 11 is 6.25. The summed E-state index contributed by atoms with van der Waals surface area (Å²) in [5.41, 5.74) is 1.79. The number of carbonyl (C=O) groups is 1. The summed E-state index contributed by atoms with van der Waals surface area (Å²) in [6, 6.07) is 21.4. The maximum absolute atomic E-state index is 13.4. The largest absolute Gasteiger partial charge is 0.494 e. The number of aromatic amines is 2. The molecule has 2 N–H and O–H groups in total. The van der Waals surface area contributed by atoms with E-state index >= 15 is 0 Å². The van der Waals surface area contributed by atoms with Gasteiger partial charge in [0.1, 0.15) is 5.75 Å². The molecule has 7 heteroatoms. The predicted molar refractivity (Wildman–Crippen MR) is 144 cm³/mol. The van der Waals surface area contributed by atoms with Crippen LogP contribution in [0, 0.1) is 0 Å². The minimum absolute atomic E-state index is 0.0224. The normalized spacial score (nSPS) is 11.4. The van der Waals surface area contributed by atoms with Crippen LogP contribution in [0.3, 0.4) is 0 Å². The molecule has 2 heterocycles. The van der Waals surface area contributed by atoms with Crippen LogP contribution in [0.1, 0.15) is 22.8 Å². The first-order valence-electron chi connectivity index (χ1n) is 11.4. The number of benzene rings is 3. The highest BCUT2D eigenvalue weighted by atomic mass is 35.5. The van der Waals surface area contributed by atoms with Crippen LogP contribution < -0.4 is 15.9 Å². The number of ketones is 1. The van der Waals surface area contributed by atoms with Crippen molar-refractivity contribution in [3.63, 3.8) is 0 Å². The first-order chi connectivity index (χ1) is 17.4. The van der Waals surface area contributed by atoms with Gasteiger partial charge in [0.2, 0.25) is 0 Å². The van der Waals surface area contributed by atoms with Gasteiger partial charge in [0.25, 0.3) is 11.1 Å². The summed E-state index contributed by atoms with van der Waals surface area (Å²) in [7, 11) is 0. The van der Waals surface area contributed by atoms with Crippen LogP contribution in [0.25, 0.3) is 39.0 Å². The van der Waals surface area contributed by atoms with Crippen molar-refractivity contribution in [2.45, 2.75) is 6.92 Å². The molecule has 0 unspecified atom stereocenters. The fourth-order valence-corrected chi connectivity index (χ4v) is 4.40. The Morgan fingerprint density at radius 1 is 0.917 bits per heavy atom. The maximum atomic E-state index is 13.4. The maximum Gasteiger partial charge on any atom is 0.260 e. The number of hydrogen-bond donors (Lipinski definition) is 2. The SMILES string of the molecule is CCOc1ccc2cc(C=CC(=O)c3c(-c4ccccc4)c4cc(Cl)ccc4[nH]c3=O)c(=O)[nH]c2c1. The molecular formula is C29H21ClN2O4. The molecule has 5 rings (SSSR count). The predicted octanol–water partition coefficient (Wildman–Crippen LogP) is 5.98. The van der Waals surface area contributed by atoms with E-state index in [9.17, 15) is 14.4 Å². The van der Waals surface area contributed by atoms with E-state index in [1.165, 1.54) is 12.2 Å². The fourth-order valence-electron chi connectivity index (χ4n) is 4.23. The van der Waals surface area contributed by atoms with Gasteiger partial charge in [-0.25, -0.2) is 0 Å². The second-order valence-electron chi connectivity index (χ2n) is 8.19. The molecule has 0 aliphatic carbocycles. The molecular weight excluding hydrogens is 476 g/mol. The van der Waals surface area contributed by atoms with Gasteiger partial charge < -0.3 is 14.7 Å². The number of H-pyrrole nitrogens is 2. The number of halogens is 1. The number of carbonyl (C=O) groups excluding carboxylic acids is 1. The van der Waals surface area contributed by atoms with Crippen molar-refractivity contribution < 1.29 is 9.53 Å². The van der Waals surface area contributed by atoms with Gasteiger partial charge in [-0.3, -0.25) is 14.4 Å². The zero-order valence-corrected chi connectivity index (χ0v) is 20.1. The van der Waals surface area contributed by atoms with Crippen molar-refractivity contribution >= 4 is 45.3 Å². The van der Waals surface area contributed by atoms with E-state index < -0.39 is 11.3 Å². The van der Waals surface area contributed by atoms with E-state index in [1.54, 1.807) is 30.3 Å². The van der Waals surface area contributed by atoms with Crippen LogP contribution in [0.2, 0.25) is 5.02 Å². The van der Waals surface area contributed by atoms with Crippen molar-refractivity contribution in [2.24, 2.45) is 0 Å². The second-order valence-corrected chi connectivity index (χ2v) is 8.63. The van der Waals surface area contributed by atoms with Gasteiger partial charge in [0, 0.05) is 33.1 Å². The Morgan fingerprint density at radius 3 is 2.47 bits per heavy atom. The highest BCUT2D eigenvalue weighted by molar-refractivity contribution is 6.31. The Kier molecular flexibility index (Phi) is 6.27. The summed E-state index contributed by atoms with van der Waals surface area (Å²) in [5, 5.41) is 1.92. The van der Waals surface area contributed by atoms with E-state index in [1.807, 2.05) is 49.4 Å². The Balaban J connectivity index is 1.61. The van der Waals surface area contributed by atoms with E-state index in [0.29, 0.717) is 50.5 Å². The van der Waals surface area contributed by atoms with Crippen LogP contribution in [0.4, 0.5) is 0 Å². The molecule has 3 aromatic carbocycles. The number of pyridine rings is 2. The van der Waals surface area contributed by atoms with Gasteiger partial charge >= 0.3 is 0 Å². The van der Waals surface area contributed by atoms with Crippen LogP contribution in [0.5, 0.6) is 5.75 Å². The molecule has 0 fully saturated rings. The van der Waals surface area contributed by atoms with Gasteiger partial charge in [-0.15, -0.1) is 0 Å². The molecule has 0 aliphatic heterocycles. The molecule has 0 saturated carbocycles. The van der Waals surface area contributed by atoms with Crippen LogP contribution in [-0.2, 0) is 0 Å². The van der Waals surface area contributed by atoms with E-state index in [0.717, 1.165) is 5.39 Å². The Morgan fingerprint density at radius 2 is 1.69 bits per heavy atom. The monoisotopic (exact) mass is 496 g/mol. The zero-order valence-electron chi connectivity index (χ0n) is 19.3. The lowest BCUT2D eigenvalue weighted by Crippen LogP contribution is -2.19. The van der Waals surface area contributed by atoms with Crippen LogP contribution in [0.15, 0.2) is 88.5 Å².